The molecule has 0 saturated heterocycles. The molecule has 1 aliphatic rings. The van der Waals surface area contributed by atoms with Gasteiger partial charge in [-0.25, -0.2) is 0 Å². The Labute approximate surface area is 100 Å². The van der Waals surface area contributed by atoms with E-state index in [0.717, 1.165) is 30.1 Å². The Morgan fingerprint density at radius 3 is 3.18 bits per heavy atom. The van der Waals surface area contributed by atoms with Crippen molar-refractivity contribution in [2.75, 3.05) is 30.3 Å². The maximum atomic E-state index is 11.4. The van der Waals surface area contributed by atoms with Crippen molar-refractivity contribution in [3.05, 3.63) is 18.2 Å². The molecule has 0 bridgehead atoms. The lowest BCUT2D eigenvalue weighted by molar-refractivity contribution is -0.116. The minimum absolute atomic E-state index is 0.0112. The second-order valence-electron chi connectivity index (χ2n) is 3.93. The summed E-state index contributed by atoms with van der Waals surface area (Å²) in [5.41, 5.74) is 7.11. The van der Waals surface area contributed by atoms with E-state index in [-0.39, 0.29) is 5.91 Å². The standard InChI is InChI=1S/C12H17N3O2/c13-5-1-6-14-9-2-3-11-10(8-9)15-12(16)4-7-17-11/h2-3,8,14H,1,4-7,13H2,(H,15,16). The zero-order valence-corrected chi connectivity index (χ0v) is 9.66. The Morgan fingerprint density at radius 2 is 2.35 bits per heavy atom. The average molecular weight is 235 g/mol. The van der Waals surface area contributed by atoms with Crippen LogP contribution >= 0.6 is 0 Å². The molecule has 1 heterocycles. The van der Waals surface area contributed by atoms with Gasteiger partial charge in [-0.1, -0.05) is 0 Å². The lowest BCUT2D eigenvalue weighted by Crippen LogP contribution is -2.11. The van der Waals surface area contributed by atoms with Crippen molar-refractivity contribution >= 4 is 17.3 Å². The fourth-order valence-corrected chi connectivity index (χ4v) is 1.66. The lowest BCUT2D eigenvalue weighted by Gasteiger charge is -2.10. The van der Waals surface area contributed by atoms with Crippen LogP contribution in [0.2, 0.25) is 0 Å². The molecular formula is C12H17N3O2. The first-order valence-corrected chi connectivity index (χ1v) is 5.80. The molecule has 1 aromatic carbocycles. The molecule has 1 aromatic rings. The first-order chi connectivity index (χ1) is 8.29. The Morgan fingerprint density at radius 1 is 1.47 bits per heavy atom. The lowest BCUT2D eigenvalue weighted by atomic mass is 10.2. The van der Waals surface area contributed by atoms with Crippen LogP contribution < -0.4 is 21.1 Å². The molecule has 92 valence electrons. The van der Waals surface area contributed by atoms with E-state index in [2.05, 4.69) is 10.6 Å². The number of fused-ring (bicyclic) bond motifs is 1. The fraction of sp³-hybridized carbons (Fsp3) is 0.417. The Balaban J connectivity index is 2.09. The van der Waals surface area contributed by atoms with Crippen LogP contribution in [-0.2, 0) is 4.79 Å². The van der Waals surface area contributed by atoms with E-state index in [0.29, 0.717) is 19.6 Å². The molecule has 5 nitrogen and oxygen atoms in total. The highest BCUT2D eigenvalue weighted by Crippen LogP contribution is 2.29. The number of amides is 1. The third-order valence-corrected chi connectivity index (χ3v) is 2.55. The number of nitrogens with one attached hydrogen (secondary N) is 2. The highest BCUT2D eigenvalue weighted by atomic mass is 16.5. The van der Waals surface area contributed by atoms with Gasteiger partial charge in [0.1, 0.15) is 5.75 Å². The maximum Gasteiger partial charge on any atom is 0.227 e. The number of hydrogen-bond acceptors (Lipinski definition) is 4. The van der Waals surface area contributed by atoms with Crippen LogP contribution in [0, 0.1) is 0 Å². The number of carbonyl (C=O) groups is 1. The van der Waals surface area contributed by atoms with Crippen LogP contribution in [0.3, 0.4) is 0 Å². The van der Waals surface area contributed by atoms with Gasteiger partial charge in [0, 0.05) is 12.2 Å². The zero-order valence-electron chi connectivity index (χ0n) is 9.66. The predicted octanol–water partition coefficient (Wildman–Crippen LogP) is 1.17. The Bertz CT molecular complexity index is 407. The maximum absolute atomic E-state index is 11.4. The van der Waals surface area contributed by atoms with E-state index >= 15 is 0 Å². The van der Waals surface area contributed by atoms with Crippen molar-refractivity contribution in [2.24, 2.45) is 5.73 Å². The molecule has 0 aliphatic carbocycles. The molecule has 0 unspecified atom stereocenters. The molecule has 0 atom stereocenters. The number of carbonyl (C=O) groups excluding carboxylic acids is 1. The molecule has 0 saturated carbocycles. The first kappa shape index (κ1) is 11.7. The SMILES string of the molecule is NCCCNc1ccc2c(c1)NC(=O)CCO2. The monoisotopic (exact) mass is 235 g/mol. The van der Waals surface area contributed by atoms with Gasteiger partial charge in [-0.2, -0.15) is 0 Å². The molecule has 5 heteroatoms. The van der Waals surface area contributed by atoms with E-state index in [9.17, 15) is 4.79 Å². The summed E-state index contributed by atoms with van der Waals surface area (Å²) in [7, 11) is 0. The van der Waals surface area contributed by atoms with E-state index in [1.54, 1.807) is 0 Å². The minimum Gasteiger partial charge on any atom is -0.491 e. The summed E-state index contributed by atoms with van der Waals surface area (Å²) in [6.07, 6.45) is 1.31. The third kappa shape index (κ3) is 3.10. The van der Waals surface area contributed by atoms with Crippen molar-refractivity contribution in [2.45, 2.75) is 12.8 Å². The summed E-state index contributed by atoms with van der Waals surface area (Å²) in [5, 5.41) is 6.07. The number of rotatable bonds is 4. The van der Waals surface area contributed by atoms with Crippen LogP contribution in [-0.4, -0.2) is 25.6 Å². The molecule has 0 radical (unpaired) electrons. The topological polar surface area (TPSA) is 76.4 Å². The molecule has 1 aliphatic heterocycles. The highest BCUT2D eigenvalue weighted by molar-refractivity contribution is 5.93. The molecule has 17 heavy (non-hydrogen) atoms. The van der Waals surface area contributed by atoms with Crippen molar-refractivity contribution in [3.8, 4) is 5.75 Å². The normalized spacial score (nSPS) is 14.3. The molecule has 0 spiro atoms. The van der Waals surface area contributed by atoms with E-state index in [1.165, 1.54) is 0 Å². The summed E-state index contributed by atoms with van der Waals surface area (Å²) in [5.74, 6) is 0.711. The summed E-state index contributed by atoms with van der Waals surface area (Å²) in [6, 6.07) is 5.69. The van der Waals surface area contributed by atoms with Crippen LogP contribution in [0.1, 0.15) is 12.8 Å². The van der Waals surface area contributed by atoms with Gasteiger partial charge >= 0.3 is 0 Å². The van der Waals surface area contributed by atoms with Crippen LogP contribution in [0.4, 0.5) is 11.4 Å². The third-order valence-electron chi connectivity index (χ3n) is 2.55. The van der Waals surface area contributed by atoms with Crippen molar-refractivity contribution in [3.63, 3.8) is 0 Å². The summed E-state index contributed by atoms with van der Waals surface area (Å²) >= 11 is 0. The number of benzene rings is 1. The Hall–Kier alpha value is -1.75. The second kappa shape index (κ2) is 5.54. The van der Waals surface area contributed by atoms with E-state index in [4.69, 9.17) is 10.5 Å². The largest absolute Gasteiger partial charge is 0.491 e. The molecule has 0 aromatic heterocycles. The average Bonchev–Trinajstić information content (AvgIpc) is 2.49. The Kier molecular flexibility index (Phi) is 3.82. The van der Waals surface area contributed by atoms with Gasteiger partial charge in [-0.3, -0.25) is 4.79 Å². The van der Waals surface area contributed by atoms with Gasteiger partial charge < -0.3 is 21.1 Å². The molecule has 0 fully saturated rings. The zero-order chi connectivity index (χ0) is 12.1. The van der Waals surface area contributed by atoms with E-state index < -0.39 is 0 Å². The quantitative estimate of drug-likeness (QED) is 0.685. The van der Waals surface area contributed by atoms with Gasteiger partial charge in [0.2, 0.25) is 5.91 Å². The molecule has 2 rings (SSSR count). The summed E-state index contributed by atoms with van der Waals surface area (Å²) < 4.78 is 5.47. The number of ether oxygens (including phenoxy) is 1. The number of nitrogens with two attached hydrogens (primary N) is 1. The summed E-state index contributed by atoms with van der Waals surface area (Å²) in [4.78, 5) is 11.4. The van der Waals surface area contributed by atoms with Crippen LogP contribution in [0.25, 0.3) is 0 Å². The van der Waals surface area contributed by atoms with Crippen LogP contribution in [0.15, 0.2) is 18.2 Å². The molecule has 4 N–H and O–H groups in total. The smallest absolute Gasteiger partial charge is 0.227 e. The molecule has 1 amide bonds. The van der Waals surface area contributed by atoms with Crippen molar-refractivity contribution in [1.82, 2.24) is 0 Å². The fourth-order valence-electron chi connectivity index (χ4n) is 1.66. The van der Waals surface area contributed by atoms with Gasteiger partial charge in [0.05, 0.1) is 18.7 Å². The van der Waals surface area contributed by atoms with Crippen LogP contribution in [0.5, 0.6) is 5.75 Å². The summed E-state index contributed by atoms with van der Waals surface area (Å²) in [6.45, 7) is 1.92. The van der Waals surface area contributed by atoms with Crippen molar-refractivity contribution < 1.29 is 9.53 Å². The number of anilines is 2. The van der Waals surface area contributed by atoms with Gasteiger partial charge in [0.15, 0.2) is 0 Å². The predicted molar refractivity (Wildman–Crippen MR) is 67.3 cm³/mol. The first-order valence-electron chi connectivity index (χ1n) is 5.80. The van der Waals surface area contributed by atoms with Gasteiger partial charge in [0.25, 0.3) is 0 Å². The molecular weight excluding hydrogens is 218 g/mol. The van der Waals surface area contributed by atoms with Crippen molar-refractivity contribution in [1.29, 1.82) is 0 Å². The van der Waals surface area contributed by atoms with E-state index in [1.807, 2.05) is 18.2 Å². The van der Waals surface area contributed by atoms with Gasteiger partial charge in [-0.05, 0) is 31.2 Å². The number of hydrogen-bond donors (Lipinski definition) is 3. The minimum atomic E-state index is -0.0112. The highest BCUT2D eigenvalue weighted by Gasteiger charge is 2.13. The van der Waals surface area contributed by atoms with Gasteiger partial charge in [-0.15, -0.1) is 0 Å². The second-order valence-corrected chi connectivity index (χ2v) is 3.93.